The number of nitrogens with zero attached hydrogens (tertiary/aromatic N) is 2. The Morgan fingerprint density at radius 3 is 2.71 bits per heavy atom. The van der Waals surface area contributed by atoms with E-state index < -0.39 is 0 Å². The van der Waals surface area contributed by atoms with Crippen molar-refractivity contribution in [1.29, 1.82) is 0 Å². The number of hydrogen-bond donors (Lipinski definition) is 1. The molecule has 2 aliphatic rings. The van der Waals surface area contributed by atoms with E-state index in [4.69, 9.17) is 9.72 Å². The van der Waals surface area contributed by atoms with E-state index in [1.54, 1.807) is 0 Å². The van der Waals surface area contributed by atoms with Crippen LogP contribution in [0.3, 0.4) is 0 Å². The maximum absolute atomic E-state index is 6.35. The highest BCUT2D eigenvalue weighted by atomic mass is 16.5. The minimum absolute atomic E-state index is 0.0910. The van der Waals surface area contributed by atoms with Crippen molar-refractivity contribution in [1.82, 2.24) is 15.3 Å². The van der Waals surface area contributed by atoms with Gasteiger partial charge in [-0.15, -0.1) is 0 Å². The largest absolute Gasteiger partial charge is 0.375 e. The van der Waals surface area contributed by atoms with E-state index >= 15 is 0 Å². The van der Waals surface area contributed by atoms with Gasteiger partial charge in [0.15, 0.2) is 0 Å². The van der Waals surface area contributed by atoms with Gasteiger partial charge in [0.25, 0.3) is 0 Å². The van der Waals surface area contributed by atoms with Crippen molar-refractivity contribution >= 4 is 0 Å². The van der Waals surface area contributed by atoms with Crippen LogP contribution in [0.4, 0.5) is 0 Å². The summed E-state index contributed by atoms with van der Waals surface area (Å²) in [5, 5.41) is 3.66. The van der Waals surface area contributed by atoms with Crippen molar-refractivity contribution in [2.75, 3.05) is 13.2 Å². The van der Waals surface area contributed by atoms with Gasteiger partial charge in [-0.05, 0) is 75.8 Å². The Kier molecular flexibility index (Phi) is 5.79. The topological polar surface area (TPSA) is 47.0 Å². The van der Waals surface area contributed by atoms with Crippen LogP contribution in [0.15, 0.2) is 36.7 Å². The van der Waals surface area contributed by atoms with Crippen LogP contribution in [0.1, 0.15) is 67.5 Å². The summed E-state index contributed by atoms with van der Waals surface area (Å²) >= 11 is 0. The normalized spacial score (nSPS) is 23.9. The quantitative estimate of drug-likeness (QED) is 0.743. The minimum Gasteiger partial charge on any atom is -0.375 e. The summed E-state index contributed by atoms with van der Waals surface area (Å²) in [6, 6.07) is 8.62. The zero-order valence-corrected chi connectivity index (χ0v) is 17.3. The molecule has 2 fully saturated rings. The summed E-state index contributed by atoms with van der Waals surface area (Å²) in [6.45, 7) is 6.91. The SMILES string of the molecule is Cc1cc(CNCC[C@]2(c3ccccn3)CCOC3(CCCC3)C2)cnc1C. The fourth-order valence-corrected chi connectivity index (χ4v) is 5.15. The van der Waals surface area contributed by atoms with Crippen molar-refractivity contribution in [3.63, 3.8) is 0 Å². The first-order valence-corrected chi connectivity index (χ1v) is 10.8. The number of pyridine rings is 2. The average Bonchev–Trinajstić information content (AvgIpc) is 3.16. The van der Waals surface area contributed by atoms with Crippen molar-refractivity contribution in [2.24, 2.45) is 0 Å². The van der Waals surface area contributed by atoms with Gasteiger partial charge in [0, 0.05) is 42.3 Å². The van der Waals surface area contributed by atoms with Crippen molar-refractivity contribution in [3.8, 4) is 0 Å². The van der Waals surface area contributed by atoms with Gasteiger partial charge in [-0.25, -0.2) is 0 Å². The molecule has 1 N–H and O–H groups in total. The number of nitrogens with one attached hydrogen (secondary N) is 1. The molecule has 0 aromatic carbocycles. The molecule has 4 nitrogen and oxygen atoms in total. The maximum atomic E-state index is 6.35. The molecule has 1 atom stereocenters. The van der Waals surface area contributed by atoms with Gasteiger partial charge >= 0.3 is 0 Å². The van der Waals surface area contributed by atoms with E-state index in [9.17, 15) is 0 Å². The molecule has 0 unspecified atom stereocenters. The van der Waals surface area contributed by atoms with Crippen LogP contribution in [0.5, 0.6) is 0 Å². The van der Waals surface area contributed by atoms with E-state index in [1.165, 1.54) is 42.5 Å². The predicted molar refractivity (Wildman–Crippen MR) is 112 cm³/mol. The Balaban J connectivity index is 1.45. The first-order valence-electron chi connectivity index (χ1n) is 10.8. The minimum atomic E-state index is 0.0910. The summed E-state index contributed by atoms with van der Waals surface area (Å²) in [4.78, 5) is 9.28. The molecule has 1 aliphatic carbocycles. The molecule has 1 saturated heterocycles. The lowest BCUT2D eigenvalue weighted by Crippen LogP contribution is -2.47. The van der Waals surface area contributed by atoms with E-state index in [-0.39, 0.29) is 11.0 Å². The van der Waals surface area contributed by atoms with Crippen LogP contribution in [0, 0.1) is 13.8 Å². The average molecular weight is 380 g/mol. The highest BCUT2D eigenvalue weighted by Crippen LogP contribution is 2.49. The van der Waals surface area contributed by atoms with Crippen LogP contribution < -0.4 is 5.32 Å². The molecule has 4 rings (SSSR count). The van der Waals surface area contributed by atoms with Crippen molar-refractivity contribution in [3.05, 3.63) is 59.2 Å². The third-order valence-corrected chi connectivity index (χ3v) is 6.88. The van der Waals surface area contributed by atoms with Crippen molar-refractivity contribution < 1.29 is 4.74 Å². The Labute approximate surface area is 169 Å². The van der Waals surface area contributed by atoms with Gasteiger partial charge in [0.05, 0.1) is 5.60 Å². The van der Waals surface area contributed by atoms with Crippen LogP contribution in [0.25, 0.3) is 0 Å². The van der Waals surface area contributed by atoms with E-state index in [1.807, 2.05) is 18.5 Å². The third-order valence-electron chi connectivity index (χ3n) is 6.88. The van der Waals surface area contributed by atoms with Gasteiger partial charge < -0.3 is 10.1 Å². The van der Waals surface area contributed by atoms with Gasteiger partial charge in [0.1, 0.15) is 0 Å². The maximum Gasteiger partial charge on any atom is 0.0691 e. The summed E-state index contributed by atoms with van der Waals surface area (Å²) in [5.74, 6) is 0. The lowest BCUT2D eigenvalue weighted by Gasteiger charge is -2.46. The second-order valence-electron chi connectivity index (χ2n) is 8.83. The third kappa shape index (κ3) is 4.13. The second kappa shape index (κ2) is 8.30. The molecule has 1 spiro atoms. The molecule has 1 aliphatic heterocycles. The second-order valence-corrected chi connectivity index (χ2v) is 8.83. The Bertz CT molecular complexity index is 786. The van der Waals surface area contributed by atoms with Crippen LogP contribution in [0.2, 0.25) is 0 Å². The Morgan fingerprint density at radius 1 is 1.11 bits per heavy atom. The van der Waals surface area contributed by atoms with E-state index in [0.717, 1.165) is 44.7 Å². The smallest absolute Gasteiger partial charge is 0.0691 e. The summed E-state index contributed by atoms with van der Waals surface area (Å²) in [6.07, 6.45) is 12.3. The van der Waals surface area contributed by atoms with Crippen molar-refractivity contribution in [2.45, 2.75) is 76.4 Å². The molecule has 1 saturated carbocycles. The number of hydrogen-bond acceptors (Lipinski definition) is 4. The number of aryl methyl sites for hydroxylation is 2. The summed E-state index contributed by atoms with van der Waals surface area (Å²) in [7, 11) is 0. The Morgan fingerprint density at radius 2 is 1.96 bits per heavy atom. The van der Waals surface area contributed by atoms with E-state index in [2.05, 4.69) is 42.3 Å². The molecule has 0 radical (unpaired) electrons. The van der Waals surface area contributed by atoms with Crippen LogP contribution in [-0.2, 0) is 16.7 Å². The zero-order chi connectivity index (χ0) is 19.5. The molecule has 0 amide bonds. The van der Waals surface area contributed by atoms with Crippen LogP contribution in [-0.4, -0.2) is 28.7 Å². The highest BCUT2D eigenvalue weighted by Gasteiger charge is 2.48. The van der Waals surface area contributed by atoms with Gasteiger partial charge in [0.2, 0.25) is 0 Å². The molecular weight excluding hydrogens is 346 g/mol. The van der Waals surface area contributed by atoms with Gasteiger partial charge in [-0.3, -0.25) is 9.97 Å². The zero-order valence-electron chi connectivity index (χ0n) is 17.3. The standard InChI is InChI=1S/C24H33N3O/c1-19-15-21(17-27-20(19)2)16-25-13-10-23(22-7-3-6-12-26-22)11-14-28-24(18-23)8-4-5-9-24/h3,6-7,12,15,17,25H,4-5,8-11,13-14,16,18H2,1-2H3/t23-/m0/s1. The molecule has 3 heterocycles. The summed E-state index contributed by atoms with van der Waals surface area (Å²) in [5.41, 5.74) is 5.10. The van der Waals surface area contributed by atoms with Crippen LogP contribution >= 0.6 is 0 Å². The monoisotopic (exact) mass is 379 g/mol. The number of ether oxygens (including phenoxy) is 1. The summed E-state index contributed by atoms with van der Waals surface area (Å²) < 4.78 is 6.35. The van der Waals surface area contributed by atoms with Gasteiger partial charge in [-0.1, -0.05) is 25.0 Å². The predicted octanol–water partition coefficient (Wildman–Crippen LogP) is 4.63. The van der Waals surface area contributed by atoms with Gasteiger partial charge in [-0.2, -0.15) is 0 Å². The lowest BCUT2D eigenvalue weighted by molar-refractivity contribution is -0.104. The molecule has 2 aromatic rings. The molecule has 28 heavy (non-hydrogen) atoms. The molecule has 0 bridgehead atoms. The Hall–Kier alpha value is -1.78. The molecule has 2 aromatic heterocycles. The van der Waals surface area contributed by atoms with E-state index in [0.29, 0.717) is 0 Å². The fourth-order valence-electron chi connectivity index (χ4n) is 5.15. The number of aromatic nitrogens is 2. The lowest BCUT2D eigenvalue weighted by atomic mass is 9.68. The first kappa shape index (κ1) is 19.5. The first-order chi connectivity index (χ1) is 13.6. The fraction of sp³-hybridized carbons (Fsp3) is 0.583. The molecule has 150 valence electrons. The molecular formula is C24H33N3O. The highest BCUT2D eigenvalue weighted by molar-refractivity contribution is 5.23. The number of rotatable bonds is 6. The molecule has 4 heteroatoms.